The smallest absolute Gasteiger partial charge is 0.309 e. The summed E-state index contributed by atoms with van der Waals surface area (Å²) in [7, 11) is 0. The first kappa shape index (κ1) is 13.1. The van der Waals surface area contributed by atoms with Gasteiger partial charge in [-0.1, -0.05) is 6.92 Å². The molecule has 1 heterocycles. The first-order valence-corrected chi connectivity index (χ1v) is 6.20. The minimum Gasteiger partial charge on any atom is -0.481 e. The molecule has 16 heavy (non-hydrogen) atoms. The van der Waals surface area contributed by atoms with Crippen molar-refractivity contribution >= 4 is 17.3 Å². The van der Waals surface area contributed by atoms with Crippen LogP contribution in [-0.2, 0) is 21.6 Å². The van der Waals surface area contributed by atoms with Crippen molar-refractivity contribution in [3.8, 4) is 0 Å². The second-order valence-corrected chi connectivity index (χ2v) is 4.59. The Bertz CT molecular complexity index is 364. The zero-order valence-electron chi connectivity index (χ0n) is 9.82. The lowest BCUT2D eigenvalue weighted by Crippen LogP contribution is -2.25. The van der Waals surface area contributed by atoms with E-state index in [1.165, 1.54) is 11.3 Å². The third-order valence-corrected chi connectivity index (χ3v) is 3.61. The van der Waals surface area contributed by atoms with E-state index < -0.39 is 11.6 Å². The number of thiazole rings is 1. The van der Waals surface area contributed by atoms with Gasteiger partial charge in [0.25, 0.3) is 0 Å². The highest BCUT2D eigenvalue weighted by Gasteiger charge is 2.28. The van der Waals surface area contributed by atoms with Gasteiger partial charge < -0.3 is 9.84 Å². The number of rotatable bonds is 6. The maximum atomic E-state index is 10.6. The molecule has 1 aromatic rings. The van der Waals surface area contributed by atoms with Crippen molar-refractivity contribution in [2.24, 2.45) is 0 Å². The van der Waals surface area contributed by atoms with Gasteiger partial charge in [-0.2, -0.15) is 0 Å². The Hall–Kier alpha value is -0.940. The van der Waals surface area contributed by atoms with Crippen LogP contribution in [0.3, 0.4) is 0 Å². The molecule has 0 aliphatic rings. The molecule has 1 rings (SSSR count). The highest BCUT2D eigenvalue weighted by Crippen LogP contribution is 2.31. The van der Waals surface area contributed by atoms with Crippen LogP contribution in [0, 0.1) is 0 Å². The molecule has 0 saturated heterocycles. The average Bonchev–Trinajstić information content (AvgIpc) is 2.66. The number of carboxylic acids is 1. The van der Waals surface area contributed by atoms with Crippen LogP contribution in [0.4, 0.5) is 0 Å². The van der Waals surface area contributed by atoms with Crippen LogP contribution in [0.25, 0.3) is 0 Å². The molecular weight excluding hydrogens is 226 g/mol. The monoisotopic (exact) mass is 243 g/mol. The number of aliphatic carboxylic acids is 1. The van der Waals surface area contributed by atoms with Crippen LogP contribution in [0.5, 0.6) is 0 Å². The van der Waals surface area contributed by atoms with E-state index in [9.17, 15) is 4.79 Å². The van der Waals surface area contributed by atoms with Gasteiger partial charge in [-0.05, 0) is 20.3 Å². The van der Waals surface area contributed by atoms with Gasteiger partial charge in [0.2, 0.25) is 0 Å². The number of hydrogen-bond acceptors (Lipinski definition) is 4. The van der Waals surface area contributed by atoms with Crippen molar-refractivity contribution in [3.05, 3.63) is 16.1 Å². The molecule has 0 saturated carbocycles. The zero-order chi connectivity index (χ0) is 12.2. The van der Waals surface area contributed by atoms with Gasteiger partial charge in [-0.25, -0.2) is 4.98 Å². The molecule has 1 N–H and O–H groups in total. The lowest BCUT2D eigenvalue weighted by molar-refractivity contribution is -0.136. The second-order valence-electron chi connectivity index (χ2n) is 3.73. The van der Waals surface area contributed by atoms with Crippen molar-refractivity contribution in [2.75, 3.05) is 6.61 Å². The van der Waals surface area contributed by atoms with Crippen LogP contribution < -0.4 is 0 Å². The first-order chi connectivity index (χ1) is 7.51. The zero-order valence-corrected chi connectivity index (χ0v) is 10.6. The molecule has 0 bridgehead atoms. The molecule has 0 radical (unpaired) electrons. The fourth-order valence-corrected chi connectivity index (χ4v) is 2.43. The maximum Gasteiger partial charge on any atom is 0.309 e. The summed E-state index contributed by atoms with van der Waals surface area (Å²) >= 11 is 1.46. The van der Waals surface area contributed by atoms with Crippen LogP contribution in [-0.4, -0.2) is 22.7 Å². The number of carbonyl (C=O) groups is 1. The van der Waals surface area contributed by atoms with E-state index in [1.54, 1.807) is 5.38 Å². The highest BCUT2D eigenvalue weighted by molar-refractivity contribution is 7.09. The van der Waals surface area contributed by atoms with E-state index in [-0.39, 0.29) is 6.42 Å². The molecule has 4 nitrogen and oxygen atoms in total. The molecule has 5 heteroatoms. The predicted octanol–water partition coefficient (Wildman–Crippen LogP) is 2.43. The first-order valence-electron chi connectivity index (χ1n) is 5.32. The number of carboxylic acid groups (broad SMARTS) is 1. The SMILES string of the molecule is CCOC(C)(CC)c1nc(CC(=O)O)cs1. The molecule has 0 aromatic carbocycles. The Morgan fingerprint density at radius 2 is 2.31 bits per heavy atom. The Balaban J connectivity index is 2.86. The summed E-state index contributed by atoms with van der Waals surface area (Å²) in [6.07, 6.45) is 0.795. The normalized spacial score (nSPS) is 14.7. The van der Waals surface area contributed by atoms with Gasteiger partial charge in [-0.3, -0.25) is 4.79 Å². The summed E-state index contributed by atoms with van der Waals surface area (Å²) < 4.78 is 5.68. The molecule has 90 valence electrons. The van der Waals surface area contributed by atoms with Gasteiger partial charge >= 0.3 is 5.97 Å². The van der Waals surface area contributed by atoms with Crippen molar-refractivity contribution < 1.29 is 14.6 Å². The molecule has 1 aromatic heterocycles. The van der Waals surface area contributed by atoms with Crippen molar-refractivity contribution in [2.45, 2.75) is 39.2 Å². The van der Waals surface area contributed by atoms with Gasteiger partial charge in [0.15, 0.2) is 0 Å². The average molecular weight is 243 g/mol. The molecular formula is C11H17NO3S. The number of nitrogens with zero attached hydrogens (tertiary/aromatic N) is 1. The molecule has 1 atom stereocenters. The molecule has 0 aliphatic carbocycles. The van der Waals surface area contributed by atoms with E-state index in [4.69, 9.17) is 9.84 Å². The summed E-state index contributed by atoms with van der Waals surface area (Å²) in [5, 5.41) is 11.3. The Labute approximate surface area is 99.3 Å². The lowest BCUT2D eigenvalue weighted by Gasteiger charge is -2.25. The van der Waals surface area contributed by atoms with E-state index in [0.717, 1.165) is 11.4 Å². The predicted molar refractivity (Wildman–Crippen MR) is 62.7 cm³/mol. The van der Waals surface area contributed by atoms with Crippen molar-refractivity contribution in [3.63, 3.8) is 0 Å². The highest BCUT2D eigenvalue weighted by atomic mass is 32.1. The molecule has 1 unspecified atom stereocenters. The van der Waals surface area contributed by atoms with Crippen LogP contribution >= 0.6 is 11.3 Å². The Morgan fingerprint density at radius 1 is 1.62 bits per heavy atom. The summed E-state index contributed by atoms with van der Waals surface area (Å²) in [6.45, 7) is 6.59. The van der Waals surface area contributed by atoms with Crippen LogP contribution in [0.2, 0.25) is 0 Å². The number of hydrogen-bond donors (Lipinski definition) is 1. The molecule has 0 spiro atoms. The second kappa shape index (κ2) is 5.41. The van der Waals surface area contributed by atoms with Crippen molar-refractivity contribution in [1.29, 1.82) is 0 Å². The van der Waals surface area contributed by atoms with E-state index in [2.05, 4.69) is 4.98 Å². The largest absolute Gasteiger partial charge is 0.481 e. The van der Waals surface area contributed by atoms with Crippen LogP contribution in [0.15, 0.2) is 5.38 Å². The van der Waals surface area contributed by atoms with Crippen molar-refractivity contribution in [1.82, 2.24) is 4.98 Å². The molecule has 0 fully saturated rings. The minimum atomic E-state index is -0.855. The lowest BCUT2D eigenvalue weighted by atomic mass is 10.0. The fourth-order valence-electron chi connectivity index (χ4n) is 1.42. The van der Waals surface area contributed by atoms with Gasteiger partial charge in [0.05, 0.1) is 12.1 Å². The van der Waals surface area contributed by atoms with E-state index >= 15 is 0 Å². The maximum absolute atomic E-state index is 10.6. The van der Waals surface area contributed by atoms with E-state index in [0.29, 0.717) is 12.3 Å². The Morgan fingerprint density at radius 3 is 2.81 bits per heavy atom. The third kappa shape index (κ3) is 3.02. The standard InChI is InChI=1S/C11H17NO3S/c1-4-11(3,15-5-2)10-12-8(7-16-10)6-9(13)14/h7H,4-6H2,1-3H3,(H,13,14). The summed E-state index contributed by atoms with van der Waals surface area (Å²) in [6, 6.07) is 0. The molecule has 0 amide bonds. The minimum absolute atomic E-state index is 0.0254. The number of aromatic nitrogens is 1. The fraction of sp³-hybridized carbons (Fsp3) is 0.636. The molecule has 0 aliphatic heterocycles. The topological polar surface area (TPSA) is 59.4 Å². The summed E-state index contributed by atoms with van der Waals surface area (Å²) in [5.74, 6) is -0.855. The Kier molecular flexibility index (Phi) is 4.44. The third-order valence-electron chi connectivity index (χ3n) is 2.47. The quantitative estimate of drug-likeness (QED) is 0.833. The van der Waals surface area contributed by atoms with E-state index in [1.807, 2.05) is 20.8 Å². The van der Waals surface area contributed by atoms with Gasteiger partial charge in [0, 0.05) is 12.0 Å². The van der Waals surface area contributed by atoms with Gasteiger partial charge in [-0.15, -0.1) is 11.3 Å². The van der Waals surface area contributed by atoms with Gasteiger partial charge in [0.1, 0.15) is 10.6 Å². The van der Waals surface area contributed by atoms with Crippen LogP contribution in [0.1, 0.15) is 37.9 Å². The summed E-state index contributed by atoms with van der Waals surface area (Å²) in [4.78, 5) is 14.9. The number of ether oxygens (including phenoxy) is 1. The summed E-state index contributed by atoms with van der Waals surface area (Å²) in [5.41, 5.74) is 0.211.